The first-order chi connectivity index (χ1) is 12.9. The van der Waals surface area contributed by atoms with Gasteiger partial charge in [-0.2, -0.15) is 0 Å². The summed E-state index contributed by atoms with van der Waals surface area (Å²) in [7, 11) is 0. The molecule has 0 aliphatic rings. The second kappa shape index (κ2) is 7.71. The number of benzene rings is 4. The molecule has 126 valence electrons. The van der Waals surface area contributed by atoms with Crippen LogP contribution in [0, 0.1) is 0 Å². The predicted octanol–water partition coefficient (Wildman–Crippen LogP) is 6.71. The molecule has 0 bridgehead atoms. The summed E-state index contributed by atoms with van der Waals surface area (Å²) in [5.74, 6) is 0. The largest absolute Gasteiger partial charge is 0.375 e. The van der Waals surface area contributed by atoms with Gasteiger partial charge in [0.05, 0.1) is 6.04 Å². The first-order valence-electron chi connectivity index (χ1n) is 8.92. The van der Waals surface area contributed by atoms with E-state index >= 15 is 0 Å². The number of rotatable bonds is 5. The summed E-state index contributed by atoms with van der Waals surface area (Å²) >= 11 is 0. The Hall–Kier alpha value is -3.32. The molecule has 4 rings (SSSR count). The van der Waals surface area contributed by atoms with Crippen LogP contribution >= 0.6 is 0 Å². The number of fused-ring (bicyclic) bond motifs is 1. The van der Waals surface area contributed by atoms with Crippen molar-refractivity contribution in [2.75, 3.05) is 5.32 Å². The monoisotopic (exact) mass is 335 g/mol. The van der Waals surface area contributed by atoms with Crippen LogP contribution < -0.4 is 5.32 Å². The highest BCUT2D eigenvalue weighted by atomic mass is 14.9. The fourth-order valence-corrected chi connectivity index (χ4v) is 3.13. The Bertz CT molecular complexity index is 1000. The SMILES string of the molecule is C(=CC(Nc1ccc2ccccc2c1)c1ccccc1)c1ccccc1. The third-order valence-electron chi connectivity index (χ3n) is 4.51. The summed E-state index contributed by atoms with van der Waals surface area (Å²) in [5.41, 5.74) is 3.57. The van der Waals surface area contributed by atoms with Gasteiger partial charge in [0.25, 0.3) is 0 Å². The van der Waals surface area contributed by atoms with Crippen LogP contribution in [0.5, 0.6) is 0 Å². The van der Waals surface area contributed by atoms with Gasteiger partial charge in [0, 0.05) is 5.69 Å². The molecule has 4 aromatic rings. The van der Waals surface area contributed by atoms with E-state index in [4.69, 9.17) is 0 Å². The zero-order chi connectivity index (χ0) is 17.6. The zero-order valence-corrected chi connectivity index (χ0v) is 14.5. The second-order valence-electron chi connectivity index (χ2n) is 6.36. The van der Waals surface area contributed by atoms with Crippen LogP contribution in [-0.2, 0) is 0 Å². The lowest BCUT2D eigenvalue weighted by Crippen LogP contribution is -2.07. The molecule has 4 aromatic carbocycles. The van der Waals surface area contributed by atoms with Gasteiger partial charge in [0.2, 0.25) is 0 Å². The number of hydrogen-bond donors (Lipinski definition) is 1. The Kier molecular flexibility index (Phi) is 4.79. The lowest BCUT2D eigenvalue weighted by Gasteiger charge is -2.17. The van der Waals surface area contributed by atoms with Crippen LogP contribution in [0.25, 0.3) is 16.8 Å². The summed E-state index contributed by atoms with van der Waals surface area (Å²) in [4.78, 5) is 0. The van der Waals surface area contributed by atoms with Crippen LogP contribution in [0.2, 0.25) is 0 Å². The highest BCUT2D eigenvalue weighted by molar-refractivity contribution is 5.85. The third kappa shape index (κ3) is 3.84. The molecule has 0 aliphatic carbocycles. The van der Waals surface area contributed by atoms with E-state index in [0.29, 0.717) is 0 Å². The van der Waals surface area contributed by atoms with Gasteiger partial charge in [-0.3, -0.25) is 0 Å². The van der Waals surface area contributed by atoms with Crippen LogP contribution in [-0.4, -0.2) is 0 Å². The molecule has 0 amide bonds. The molecule has 1 N–H and O–H groups in total. The maximum atomic E-state index is 3.67. The Balaban J connectivity index is 1.64. The van der Waals surface area contributed by atoms with Gasteiger partial charge in [0.15, 0.2) is 0 Å². The minimum atomic E-state index is 0.109. The fraction of sp³-hybridized carbons (Fsp3) is 0.0400. The van der Waals surface area contributed by atoms with Gasteiger partial charge in [-0.15, -0.1) is 0 Å². The Morgan fingerprint density at radius 1 is 0.615 bits per heavy atom. The maximum Gasteiger partial charge on any atom is 0.0701 e. The van der Waals surface area contributed by atoms with Gasteiger partial charge < -0.3 is 5.32 Å². The van der Waals surface area contributed by atoms with Gasteiger partial charge >= 0.3 is 0 Å². The average molecular weight is 335 g/mol. The van der Waals surface area contributed by atoms with E-state index in [1.165, 1.54) is 21.9 Å². The number of anilines is 1. The fourth-order valence-electron chi connectivity index (χ4n) is 3.13. The molecule has 1 atom stereocenters. The van der Waals surface area contributed by atoms with Gasteiger partial charge in [0.1, 0.15) is 0 Å². The van der Waals surface area contributed by atoms with Crippen LogP contribution in [0.3, 0.4) is 0 Å². The molecule has 0 saturated carbocycles. The van der Waals surface area contributed by atoms with Gasteiger partial charge in [-0.1, -0.05) is 103 Å². The van der Waals surface area contributed by atoms with E-state index in [0.717, 1.165) is 5.69 Å². The first-order valence-corrected chi connectivity index (χ1v) is 8.92. The molecule has 0 heterocycles. The van der Waals surface area contributed by atoms with E-state index in [1.54, 1.807) is 0 Å². The number of nitrogens with one attached hydrogen (secondary N) is 1. The van der Waals surface area contributed by atoms with Crippen molar-refractivity contribution in [3.8, 4) is 0 Å². The summed E-state index contributed by atoms with van der Waals surface area (Å²) in [6, 6.07) is 36.0. The quantitative estimate of drug-likeness (QED) is 0.427. The molecule has 26 heavy (non-hydrogen) atoms. The van der Waals surface area contributed by atoms with Crippen molar-refractivity contribution in [3.05, 3.63) is 120 Å². The predicted molar refractivity (Wildman–Crippen MR) is 112 cm³/mol. The van der Waals surface area contributed by atoms with E-state index in [-0.39, 0.29) is 6.04 Å². The average Bonchev–Trinajstić information content (AvgIpc) is 2.72. The maximum absolute atomic E-state index is 3.67. The second-order valence-corrected chi connectivity index (χ2v) is 6.36. The first kappa shape index (κ1) is 16.2. The standard InChI is InChI=1S/C25H21N/c1-3-9-20(10-4-1)15-18-25(22-12-5-2-6-13-22)26-24-17-16-21-11-7-8-14-23(21)19-24/h1-19,25-26H. The van der Waals surface area contributed by atoms with Crippen molar-refractivity contribution >= 4 is 22.5 Å². The number of hydrogen-bond acceptors (Lipinski definition) is 1. The molecule has 1 heteroatoms. The van der Waals surface area contributed by atoms with Gasteiger partial charge in [-0.05, 0) is 34.0 Å². The molecule has 1 unspecified atom stereocenters. The van der Waals surface area contributed by atoms with E-state index in [2.05, 4.69) is 115 Å². The van der Waals surface area contributed by atoms with Crippen molar-refractivity contribution < 1.29 is 0 Å². The van der Waals surface area contributed by atoms with Crippen LogP contribution in [0.4, 0.5) is 5.69 Å². The van der Waals surface area contributed by atoms with Gasteiger partial charge in [-0.25, -0.2) is 0 Å². The van der Waals surface area contributed by atoms with E-state index in [1.807, 2.05) is 6.07 Å². The Morgan fingerprint density at radius 3 is 2.04 bits per heavy atom. The summed E-state index contributed by atoms with van der Waals surface area (Å²) in [6.45, 7) is 0. The van der Waals surface area contributed by atoms with Crippen molar-refractivity contribution in [2.24, 2.45) is 0 Å². The molecule has 1 nitrogen and oxygen atoms in total. The topological polar surface area (TPSA) is 12.0 Å². The van der Waals surface area contributed by atoms with E-state index < -0.39 is 0 Å². The molecular formula is C25H21N. The lowest BCUT2D eigenvalue weighted by molar-refractivity contribution is 0.990. The summed E-state index contributed by atoms with van der Waals surface area (Å²) in [5, 5.41) is 6.18. The van der Waals surface area contributed by atoms with Crippen LogP contribution in [0.1, 0.15) is 17.2 Å². The summed E-state index contributed by atoms with van der Waals surface area (Å²) < 4.78 is 0. The normalized spacial score (nSPS) is 12.3. The van der Waals surface area contributed by atoms with Crippen LogP contribution in [0.15, 0.2) is 109 Å². The minimum absolute atomic E-state index is 0.109. The van der Waals surface area contributed by atoms with Crippen molar-refractivity contribution in [1.82, 2.24) is 0 Å². The summed E-state index contributed by atoms with van der Waals surface area (Å²) in [6.07, 6.45) is 4.39. The highest BCUT2D eigenvalue weighted by Gasteiger charge is 2.08. The molecular weight excluding hydrogens is 314 g/mol. The highest BCUT2D eigenvalue weighted by Crippen LogP contribution is 2.25. The third-order valence-corrected chi connectivity index (χ3v) is 4.51. The molecule has 0 spiro atoms. The lowest BCUT2D eigenvalue weighted by atomic mass is 10.0. The van der Waals surface area contributed by atoms with Crippen molar-refractivity contribution in [1.29, 1.82) is 0 Å². The Labute approximate surface area is 154 Å². The van der Waals surface area contributed by atoms with Crippen molar-refractivity contribution in [2.45, 2.75) is 6.04 Å². The zero-order valence-electron chi connectivity index (χ0n) is 14.5. The smallest absolute Gasteiger partial charge is 0.0701 e. The Morgan fingerprint density at radius 2 is 1.27 bits per heavy atom. The van der Waals surface area contributed by atoms with Crippen molar-refractivity contribution in [3.63, 3.8) is 0 Å². The molecule has 0 aliphatic heterocycles. The molecule has 0 fully saturated rings. The minimum Gasteiger partial charge on any atom is -0.375 e. The molecule has 0 saturated heterocycles. The molecule has 0 radical (unpaired) electrons. The molecule has 0 aromatic heterocycles. The van der Waals surface area contributed by atoms with E-state index in [9.17, 15) is 0 Å².